The Hall–Kier alpha value is -2.77. The molecule has 1 aromatic carbocycles. The van der Waals surface area contributed by atoms with Crippen molar-refractivity contribution in [2.45, 2.75) is 36.2 Å². The van der Waals surface area contributed by atoms with Crippen molar-refractivity contribution in [1.29, 1.82) is 5.26 Å². The van der Waals surface area contributed by atoms with Crippen LogP contribution in [0.4, 0.5) is 5.82 Å². The van der Waals surface area contributed by atoms with Crippen molar-refractivity contribution in [2.24, 2.45) is 7.05 Å². The minimum Gasteiger partial charge on any atom is -0.309 e. The van der Waals surface area contributed by atoms with Gasteiger partial charge in [0.2, 0.25) is 5.91 Å². The molecule has 0 saturated heterocycles. The zero-order valence-electron chi connectivity index (χ0n) is 16.4. The van der Waals surface area contributed by atoms with Gasteiger partial charge < -0.3 is 9.88 Å². The molecule has 8 nitrogen and oxygen atoms in total. The molecule has 0 aliphatic carbocycles. The van der Waals surface area contributed by atoms with Crippen LogP contribution < -0.4 is 5.32 Å². The maximum atomic E-state index is 12.3. The standard InChI is InChI=1S/C19H21N7OS2/c1-4-26-16(11-28-15-7-5-13(2)6-8-15)23-24-19(26)29-12-17(27)22-18-14(9-20)10-21-25(18)3/h5-8,10H,4,11-12H2,1-3H3,(H,22,27). The number of nitriles is 1. The number of thioether (sulfide) groups is 2. The van der Waals surface area contributed by atoms with Gasteiger partial charge in [-0.05, 0) is 26.0 Å². The van der Waals surface area contributed by atoms with Gasteiger partial charge in [-0.15, -0.1) is 22.0 Å². The number of aromatic nitrogens is 5. The Morgan fingerprint density at radius 3 is 2.69 bits per heavy atom. The maximum absolute atomic E-state index is 12.3. The molecule has 29 heavy (non-hydrogen) atoms. The molecule has 0 bridgehead atoms. The number of aryl methyl sites for hydroxylation is 2. The van der Waals surface area contributed by atoms with Gasteiger partial charge in [-0.3, -0.25) is 9.48 Å². The monoisotopic (exact) mass is 427 g/mol. The first-order valence-electron chi connectivity index (χ1n) is 8.98. The molecule has 0 spiro atoms. The molecular weight excluding hydrogens is 406 g/mol. The molecule has 0 saturated carbocycles. The second-order valence-corrected chi connectivity index (χ2v) is 8.22. The molecule has 150 valence electrons. The Labute approximate surface area is 177 Å². The fourth-order valence-corrected chi connectivity index (χ4v) is 4.26. The zero-order valence-corrected chi connectivity index (χ0v) is 18.0. The van der Waals surface area contributed by atoms with Crippen LogP contribution in [0.1, 0.15) is 23.9 Å². The van der Waals surface area contributed by atoms with E-state index in [1.807, 2.05) is 17.6 Å². The number of amides is 1. The molecule has 0 fully saturated rings. The van der Waals surface area contributed by atoms with Gasteiger partial charge in [0.25, 0.3) is 0 Å². The highest BCUT2D eigenvalue weighted by atomic mass is 32.2. The van der Waals surface area contributed by atoms with Gasteiger partial charge >= 0.3 is 0 Å². The number of rotatable bonds is 8. The minimum absolute atomic E-state index is 0.166. The normalized spacial score (nSPS) is 10.7. The van der Waals surface area contributed by atoms with Gasteiger partial charge in [-0.25, -0.2) is 0 Å². The summed E-state index contributed by atoms with van der Waals surface area (Å²) >= 11 is 3.03. The van der Waals surface area contributed by atoms with Crippen LogP contribution in [-0.4, -0.2) is 36.2 Å². The molecule has 10 heteroatoms. The molecule has 1 N–H and O–H groups in total. The van der Waals surface area contributed by atoms with E-state index in [-0.39, 0.29) is 11.7 Å². The van der Waals surface area contributed by atoms with Gasteiger partial charge in [0.1, 0.15) is 23.3 Å². The van der Waals surface area contributed by atoms with Gasteiger partial charge in [0.15, 0.2) is 5.16 Å². The van der Waals surface area contributed by atoms with E-state index in [1.165, 1.54) is 33.1 Å². The largest absolute Gasteiger partial charge is 0.309 e. The summed E-state index contributed by atoms with van der Waals surface area (Å²) in [6.07, 6.45) is 1.43. The first-order valence-corrected chi connectivity index (χ1v) is 10.9. The molecule has 1 amide bonds. The number of nitrogens with zero attached hydrogens (tertiary/aromatic N) is 6. The summed E-state index contributed by atoms with van der Waals surface area (Å²) in [7, 11) is 1.68. The van der Waals surface area contributed by atoms with Crippen molar-refractivity contribution in [3.63, 3.8) is 0 Å². The first-order chi connectivity index (χ1) is 14.0. The van der Waals surface area contributed by atoms with E-state index in [0.29, 0.717) is 22.3 Å². The zero-order chi connectivity index (χ0) is 20.8. The van der Waals surface area contributed by atoms with Gasteiger partial charge in [0, 0.05) is 18.5 Å². The van der Waals surface area contributed by atoms with Crippen LogP contribution in [0.3, 0.4) is 0 Å². The molecule has 3 rings (SSSR count). The SMILES string of the molecule is CCn1c(CSc2ccc(C)cc2)nnc1SCC(=O)Nc1c(C#N)cnn1C. The molecule has 0 radical (unpaired) electrons. The molecular formula is C19H21N7OS2. The summed E-state index contributed by atoms with van der Waals surface area (Å²) in [6.45, 7) is 4.82. The Bertz CT molecular complexity index is 1030. The summed E-state index contributed by atoms with van der Waals surface area (Å²) in [5.41, 5.74) is 1.56. The fourth-order valence-electron chi connectivity index (χ4n) is 2.60. The van der Waals surface area contributed by atoms with Crippen molar-refractivity contribution in [3.05, 3.63) is 47.4 Å². The van der Waals surface area contributed by atoms with E-state index in [9.17, 15) is 4.79 Å². The van der Waals surface area contributed by atoms with Gasteiger partial charge in [0.05, 0.1) is 17.7 Å². The first kappa shape index (κ1) is 21.0. The van der Waals surface area contributed by atoms with Crippen molar-refractivity contribution < 1.29 is 4.79 Å². The minimum atomic E-state index is -0.226. The van der Waals surface area contributed by atoms with Gasteiger partial charge in [-0.1, -0.05) is 29.5 Å². The number of hydrogen-bond acceptors (Lipinski definition) is 7. The summed E-state index contributed by atoms with van der Waals surface area (Å²) < 4.78 is 3.49. The molecule has 3 aromatic rings. The van der Waals surface area contributed by atoms with Crippen LogP contribution in [0.2, 0.25) is 0 Å². The Morgan fingerprint density at radius 2 is 2.00 bits per heavy atom. The number of carbonyl (C=O) groups excluding carboxylic acids is 1. The second kappa shape index (κ2) is 9.62. The van der Waals surface area contributed by atoms with Crippen molar-refractivity contribution in [2.75, 3.05) is 11.1 Å². The van der Waals surface area contributed by atoms with Crippen molar-refractivity contribution in [3.8, 4) is 6.07 Å². The number of nitrogens with one attached hydrogen (secondary N) is 1. The van der Waals surface area contributed by atoms with Crippen LogP contribution in [0.25, 0.3) is 0 Å². The fraction of sp³-hybridized carbons (Fsp3) is 0.316. The van der Waals surface area contributed by atoms with Crippen LogP contribution in [0.5, 0.6) is 0 Å². The summed E-state index contributed by atoms with van der Waals surface area (Å²) in [5, 5.41) is 25.0. The molecule has 0 unspecified atom stereocenters. The highest BCUT2D eigenvalue weighted by molar-refractivity contribution is 7.99. The van der Waals surface area contributed by atoms with E-state index >= 15 is 0 Å². The highest BCUT2D eigenvalue weighted by Gasteiger charge is 2.16. The second-order valence-electron chi connectivity index (χ2n) is 6.22. The van der Waals surface area contributed by atoms with Crippen molar-refractivity contribution in [1.82, 2.24) is 24.5 Å². The lowest BCUT2D eigenvalue weighted by atomic mass is 10.2. The third-order valence-electron chi connectivity index (χ3n) is 4.15. The molecule has 0 atom stereocenters. The summed E-state index contributed by atoms with van der Waals surface area (Å²) in [6, 6.07) is 10.4. The lowest BCUT2D eigenvalue weighted by molar-refractivity contribution is -0.113. The lowest BCUT2D eigenvalue weighted by Gasteiger charge is -2.08. The third kappa shape index (κ3) is 5.19. The third-order valence-corrected chi connectivity index (χ3v) is 6.12. The number of benzene rings is 1. The number of anilines is 1. The van der Waals surface area contributed by atoms with E-state index in [1.54, 1.807) is 18.8 Å². The topological polar surface area (TPSA) is 101 Å². The van der Waals surface area contributed by atoms with Crippen LogP contribution in [-0.2, 0) is 24.1 Å². The number of carbonyl (C=O) groups is 1. The molecule has 2 aromatic heterocycles. The maximum Gasteiger partial charge on any atom is 0.236 e. The van der Waals surface area contributed by atoms with E-state index < -0.39 is 0 Å². The molecule has 0 aliphatic rings. The summed E-state index contributed by atoms with van der Waals surface area (Å²) in [5.74, 6) is 1.91. The Balaban J connectivity index is 1.59. The predicted molar refractivity (Wildman–Crippen MR) is 114 cm³/mol. The highest BCUT2D eigenvalue weighted by Crippen LogP contribution is 2.25. The smallest absolute Gasteiger partial charge is 0.236 e. The van der Waals surface area contributed by atoms with E-state index in [0.717, 1.165) is 12.4 Å². The summed E-state index contributed by atoms with van der Waals surface area (Å²) in [4.78, 5) is 13.5. The van der Waals surface area contributed by atoms with Crippen molar-refractivity contribution >= 4 is 35.2 Å². The van der Waals surface area contributed by atoms with Gasteiger partial charge in [-0.2, -0.15) is 10.4 Å². The molecule has 0 aliphatic heterocycles. The van der Waals surface area contributed by atoms with Crippen LogP contribution >= 0.6 is 23.5 Å². The van der Waals surface area contributed by atoms with E-state index in [2.05, 4.69) is 51.8 Å². The van der Waals surface area contributed by atoms with Crippen LogP contribution in [0, 0.1) is 18.3 Å². The quantitative estimate of drug-likeness (QED) is 0.551. The van der Waals surface area contributed by atoms with Crippen LogP contribution in [0.15, 0.2) is 40.5 Å². The average molecular weight is 428 g/mol. The predicted octanol–water partition coefficient (Wildman–Crippen LogP) is 3.23. The average Bonchev–Trinajstić information content (AvgIpc) is 3.28. The van der Waals surface area contributed by atoms with E-state index in [4.69, 9.17) is 5.26 Å². The number of hydrogen-bond donors (Lipinski definition) is 1. The lowest BCUT2D eigenvalue weighted by Crippen LogP contribution is -2.17. The Kier molecular flexibility index (Phi) is 6.95. The Morgan fingerprint density at radius 1 is 1.24 bits per heavy atom. The molecule has 2 heterocycles.